The van der Waals surface area contributed by atoms with Gasteiger partial charge >= 0.3 is 5.97 Å². The highest BCUT2D eigenvalue weighted by molar-refractivity contribution is 9.08. The molecular formula is C17H16BrNO3. The number of alkyl halides is 1. The van der Waals surface area contributed by atoms with Gasteiger partial charge in [0.1, 0.15) is 0 Å². The number of amides is 1. The molecule has 0 aromatic heterocycles. The second-order valence-electron chi connectivity index (χ2n) is 4.79. The first-order valence-corrected chi connectivity index (χ1v) is 7.87. The maximum Gasteiger partial charge on any atom is 0.308 e. The highest BCUT2D eigenvalue weighted by Crippen LogP contribution is 2.36. The smallest absolute Gasteiger partial charge is 0.308 e. The molecule has 0 aliphatic heterocycles. The van der Waals surface area contributed by atoms with E-state index < -0.39 is 5.97 Å². The Balaban J connectivity index is 2.59. The number of hydrogen-bond donors (Lipinski definition) is 1. The van der Waals surface area contributed by atoms with Crippen LogP contribution in [0.1, 0.15) is 19.4 Å². The van der Waals surface area contributed by atoms with Crippen molar-refractivity contribution in [1.82, 2.24) is 0 Å². The van der Waals surface area contributed by atoms with Gasteiger partial charge in [-0.25, -0.2) is 0 Å². The molecule has 2 rings (SSSR count). The van der Waals surface area contributed by atoms with Crippen LogP contribution < -0.4 is 10.1 Å². The van der Waals surface area contributed by atoms with Crippen molar-refractivity contribution in [3.63, 3.8) is 0 Å². The maximum absolute atomic E-state index is 11.4. The number of anilines is 1. The van der Waals surface area contributed by atoms with E-state index in [2.05, 4.69) is 21.2 Å². The van der Waals surface area contributed by atoms with Crippen LogP contribution in [0.4, 0.5) is 5.69 Å². The van der Waals surface area contributed by atoms with Gasteiger partial charge in [0.05, 0.1) is 5.69 Å². The minimum absolute atomic E-state index is 0.223. The van der Waals surface area contributed by atoms with Crippen molar-refractivity contribution in [2.24, 2.45) is 0 Å². The quantitative estimate of drug-likeness (QED) is 0.506. The average molecular weight is 362 g/mol. The molecule has 0 fully saturated rings. The van der Waals surface area contributed by atoms with Crippen LogP contribution in [0.3, 0.4) is 0 Å². The number of hydrogen-bond acceptors (Lipinski definition) is 3. The maximum atomic E-state index is 11.4. The van der Waals surface area contributed by atoms with Gasteiger partial charge in [-0.1, -0.05) is 46.3 Å². The summed E-state index contributed by atoms with van der Waals surface area (Å²) in [5, 5.41) is 3.23. The molecule has 0 spiro atoms. The zero-order valence-electron chi connectivity index (χ0n) is 12.4. The Morgan fingerprint density at radius 3 is 2.32 bits per heavy atom. The van der Waals surface area contributed by atoms with Gasteiger partial charge < -0.3 is 10.1 Å². The summed E-state index contributed by atoms with van der Waals surface area (Å²) < 4.78 is 5.28. The fourth-order valence-corrected chi connectivity index (χ4v) is 2.55. The van der Waals surface area contributed by atoms with E-state index in [9.17, 15) is 9.59 Å². The van der Waals surface area contributed by atoms with Crippen molar-refractivity contribution in [2.45, 2.75) is 19.2 Å². The second kappa shape index (κ2) is 7.22. The van der Waals surface area contributed by atoms with E-state index >= 15 is 0 Å². The van der Waals surface area contributed by atoms with Crippen LogP contribution in [0, 0.1) is 0 Å². The van der Waals surface area contributed by atoms with Crippen LogP contribution in [0.25, 0.3) is 11.1 Å². The number of benzene rings is 2. The number of nitrogens with one attached hydrogen (secondary N) is 1. The van der Waals surface area contributed by atoms with Crippen LogP contribution in [-0.4, -0.2) is 11.9 Å². The minimum Gasteiger partial charge on any atom is -0.424 e. The Labute approximate surface area is 137 Å². The molecule has 2 aromatic carbocycles. The van der Waals surface area contributed by atoms with Crippen LogP contribution >= 0.6 is 15.9 Å². The van der Waals surface area contributed by atoms with Crippen LogP contribution in [-0.2, 0) is 14.9 Å². The SMILES string of the molecule is CC(=O)Nc1cc(-c2ccccc2)cc(CBr)c1OC(C)=O. The lowest BCUT2D eigenvalue weighted by molar-refractivity contribution is -0.132. The summed E-state index contributed by atoms with van der Waals surface area (Å²) in [6.45, 7) is 2.75. The van der Waals surface area contributed by atoms with Gasteiger partial charge in [0.15, 0.2) is 5.75 Å². The molecule has 0 aliphatic rings. The van der Waals surface area contributed by atoms with Crippen LogP contribution in [0.5, 0.6) is 5.75 Å². The Morgan fingerprint density at radius 1 is 1.09 bits per heavy atom. The van der Waals surface area contributed by atoms with Gasteiger partial charge in [0.2, 0.25) is 5.91 Å². The molecule has 0 saturated carbocycles. The van der Waals surface area contributed by atoms with Gasteiger partial charge in [-0.05, 0) is 23.3 Å². The Morgan fingerprint density at radius 2 is 1.77 bits per heavy atom. The molecular weight excluding hydrogens is 346 g/mol. The van der Waals surface area contributed by atoms with Gasteiger partial charge in [-0.15, -0.1) is 0 Å². The standard InChI is InChI=1S/C17H16BrNO3/c1-11(20)19-16-9-14(13-6-4-3-5-7-13)8-15(10-18)17(16)22-12(2)21/h3-9H,10H2,1-2H3,(H,19,20). The highest BCUT2D eigenvalue weighted by atomic mass is 79.9. The van der Waals surface area contributed by atoms with Gasteiger partial charge in [0.25, 0.3) is 0 Å². The molecule has 1 amide bonds. The average Bonchev–Trinajstić information content (AvgIpc) is 2.48. The first-order chi connectivity index (χ1) is 10.5. The molecule has 4 nitrogen and oxygen atoms in total. The number of carbonyl (C=O) groups excluding carboxylic acids is 2. The third kappa shape index (κ3) is 3.95. The topological polar surface area (TPSA) is 55.4 Å². The van der Waals surface area contributed by atoms with Crippen molar-refractivity contribution < 1.29 is 14.3 Å². The number of rotatable bonds is 4. The second-order valence-corrected chi connectivity index (χ2v) is 5.35. The number of esters is 1. The van der Waals surface area contributed by atoms with E-state index in [0.29, 0.717) is 16.8 Å². The molecule has 5 heteroatoms. The number of halogens is 1. The minimum atomic E-state index is -0.429. The fraction of sp³-hybridized carbons (Fsp3) is 0.176. The largest absolute Gasteiger partial charge is 0.424 e. The summed E-state index contributed by atoms with van der Waals surface area (Å²) in [5.41, 5.74) is 3.24. The molecule has 0 atom stereocenters. The van der Waals surface area contributed by atoms with Crippen LogP contribution in [0.2, 0.25) is 0 Å². The number of ether oxygens (including phenoxy) is 1. The van der Waals surface area contributed by atoms with Crippen molar-refractivity contribution in [2.75, 3.05) is 5.32 Å². The molecule has 0 radical (unpaired) electrons. The third-order valence-electron chi connectivity index (χ3n) is 2.97. The Kier molecular flexibility index (Phi) is 5.33. The highest BCUT2D eigenvalue weighted by Gasteiger charge is 2.15. The molecule has 0 bridgehead atoms. The number of carbonyl (C=O) groups is 2. The van der Waals surface area contributed by atoms with E-state index in [1.807, 2.05) is 36.4 Å². The van der Waals surface area contributed by atoms with Gasteiger partial charge in [0, 0.05) is 24.7 Å². The Bertz CT molecular complexity index is 699. The zero-order chi connectivity index (χ0) is 16.1. The van der Waals surface area contributed by atoms with E-state index in [1.165, 1.54) is 13.8 Å². The monoisotopic (exact) mass is 361 g/mol. The first-order valence-electron chi connectivity index (χ1n) is 6.75. The van der Waals surface area contributed by atoms with E-state index in [4.69, 9.17) is 4.74 Å². The lowest BCUT2D eigenvalue weighted by Gasteiger charge is -2.15. The third-order valence-corrected chi connectivity index (χ3v) is 3.58. The molecule has 114 valence electrons. The van der Waals surface area contributed by atoms with Crippen LogP contribution in [0.15, 0.2) is 42.5 Å². The zero-order valence-corrected chi connectivity index (χ0v) is 13.9. The molecule has 2 aromatic rings. The summed E-state index contributed by atoms with van der Waals surface area (Å²) in [5.74, 6) is -0.278. The molecule has 0 heterocycles. The summed E-state index contributed by atoms with van der Waals surface area (Å²) in [7, 11) is 0. The van der Waals surface area contributed by atoms with E-state index in [-0.39, 0.29) is 5.91 Å². The Hall–Kier alpha value is -2.14. The molecule has 1 N–H and O–H groups in total. The molecule has 0 saturated heterocycles. The lowest BCUT2D eigenvalue weighted by Crippen LogP contribution is -2.11. The summed E-state index contributed by atoms with van der Waals surface area (Å²) in [4.78, 5) is 22.8. The van der Waals surface area contributed by atoms with Crippen molar-refractivity contribution in [3.8, 4) is 16.9 Å². The van der Waals surface area contributed by atoms with Gasteiger partial charge in [-0.2, -0.15) is 0 Å². The fourth-order valence-electron chi connectivity index (χ4n) is 2.13. The van der Waals surface area contributed by atoms with Crippen molar-refractivity contribution in [3.05, 3.63) is 48.0 Å². The normalized spacial score (nSPS) is 10.1. The van der Waals surface area contributed by atoms with E-state index in [1.54, 1.807) is 6.07 Å². The van der Waals surface area contributed by atoms with Gasteiger partial charge in [-0.3, -0.25) is 9.59 Å². The summed E-state index contributed by atoms with van der Waals surface area (Å²) in [6.07, 6.45) is 0. The first kappa shape index (κ1) is 16.2. The summed E-state index contributed by atoms with van der Waals surface area (Å²) in [6, 6.07) is 13.5. The lowest BCUT2D eigenvalue weighted by atomic mass is 10.0. The van der Waals surface area contributed by atoms with Crippen molar-refractivity contribution in [1.29, 1.82) is 0 Å². The predicted molar refractivity (Wildman–Crippen MR) is 90.1 cm³/mol. The summed E-state index contributed by atoms with van der Waals surface area (Å²) >= 11 is 3.40. The predicted octanol–water partition coefficient (Wildman–Crippen LogP) is 4.13. The van der Waals surface area contributed by atoms with E-state index in [0.717, 1.165) is 16.7 Å². The molecule has 0 aliphatic carbocycles. The molecule has 0 unspecified atom stereocenters. The molecule has 22 heavy (non-hydrogen) atoms. The van der Waals surface area contributed by atoms with Crippen molar-refractivity contribution >= 4 is 33.5 Å².